The third-order valence-corrected chi connectivity index (χ3v) is 5.19. The zero-order chi connectivity index (χ0) is 20.8. The van der Waals surface area contributed by atoms with Gasteiger partial charge in [-0.1, -0.05) is 66.1 Å². The first kappa shape index (κ1) is 20.8. The van der Waals surface area contributed by atoms with Gasteiger partial charge in [0.2, 0.25) is 11.7 Å². The van der Waals surface area contributed by atoms with Crippen molar-refractivity contribution in [3.63, 3.8) is 0 Å². The Morgan fingerprint density at radius 2 is 1.55 bits per heavy atom. The number of aryl methyl sites for hydroxylation is 2. The fraction of sp³-hybridized carbons (Fsp3) is 0.375. The Hall–Kier alpha value is -2.95. The van der Waals surface area contributed by atoms with Gasteiger partial charge in [0, 0.05) is 24.1 Å². The molecular formula is C24H27NO4. The van der Waals surface area contributed by atoms with Crippen LogP contribution in [0.5, 0.6) is 0 Å². The predicted molar refractivity (Wildman–Crippen MR) is 111 cm³/mol. The number of likely N-dealkylation sites (tertiary alicyclic amines) is 1. The SMILES string of the molecule is Cc1ccc(C(=O)C(OC(=O)CN2CCCCCC2=O)c2ccc(C)cc2)cc1. The molecule has 2 aromatic carbocycles. The van der Waals surface area contributed by atoms with Crippen LogP contribution >= 0.6 is 0 Å². The smallest absolute Gasteiger partial charge is 0.326 e. The Kier molecular flexibility index (Phi) is 6.81. The summed E-state index contributed by atoms with van der Waals surface area (Å²) in [6, 6.07) is 14.6. The number of amides is 1. The Bertz CT molecular complexity index is 871. The van der Waals surface area contributed by atoms with Crippen molar-refractivity contribution in [1.29, 1.82) is 0 Å². The Morgan fingerprint density at radius 3 is 2.21 bits per heavy atom. The molecule has 3 rings (SSSR count). The number of hydrogen-bond acceptors (Lipinski definition) is 4. The molecule has 2 aromatic rings. The van der Waals surface area contributed by atoms with E-state index < -0.39 is 12.1 Å². The number of ketones is 1. The van der Waals surface area contributed by atoms with Crippen LogP contribution in [0.4, 0.5) is 0 Å². The number of nitrogens with zero attached hydrogens (tertiary/aromatic N) is 1. The third-order valence-electron chi connectivity index (χ3n) is 5.19. The molecule has 1 atom stereocenters. The first-order valence-corrected chi connectivity index (χ1v) is 10.1. The van der Waals surface area contributed by atoms with E-state index in [1.54, 1.807) is 24.3 Å². The van der Waals surface area contributed by atoms with Crippen LogP contribution in [-0.4, -0.2) is 35.6 Å². The number of carbonyl (C=O) groups excluding carboxylic acids is 3. The van der Waals surface area contributed by atoms with Gasteiger partial charge < -0.3 is 9.64 Å². The molecule has 0 aliphatic carbocycles. The first-order valence-electron chi connectivity index (χ1n) is 10.1. The number of benzene rings is 2. The van der Waals surface area contributed by atoms with Gasteiger partial charge in [-0.25, -0.2) is 0 Å². The van der Waals surface area contributed by atoms with Gasteiger partial charge in [0.25, 0.3) is 0 Å². The molecule has 1 unspecified atom stereocenters. The molecule has 29 heavy (non-hydrogen) atoms. The lowest BCUT2D eigenvalue weighted by Crippen LogP contribution is -2.37. The van der Waals surface area contributed by atoms with Crippen LogP contribution < -0.4 is 0 Å². The highest BCUT2D eigenvalue weighted by Crippen LogP contribution is 2.24. The molecule has 0 radical (unpaired) electrons. The summed E-state index contributed by atoms with van der Waals surface area (Å²) < 4.78 is 5.63. The van der Waals surface area contributed by atoms with E-state index in [0.29, 0.717) is 24.1 Å². The van der Waals surface area contributed by atoms with E-state index in [4.69, 9.17) is 4.74 Å². The lowest BCUT2D eigenvalue weighted by atomic mass is 9.98. The van der Waals surface area contributed by atoms with E-state index in [2.05, 4.69) is 0 Å². The van der Waals surface area contributed by atoms with Crippen LogP contribution in [0.3, 0.4) is 0 Å². The van der Waals surface area contributed by atoms with Gasteiger partial charge in [-0.3, -0.25) is 14.4 Å². The van der Waals surface area contributed by atoms with Crippen molar-refractivity contribution >= 4 is 17.7 Å². The first-order chi connectivity index (χ1) is 13.9. The molecular weight excluding hydrogens is 366 g/mol. The Morgan fingerprint density at radius 1 is 0.931 bits per heavy atom. The summed E-state index contributed by atoms with van der Waals surface area (Å²) in [5, 5.41) is 0. The Labute approximate surface area is 171 Å². The lowest BCUT2D eigenvalue weighted by molar-refractivity contribution is -0.152. The maximum atomic E-state index is 13.1. The molecule has 0 bridgehead atoms. The van der Waals surface area contributed by atoms with Crippen LogP contribution in [-0.2, 0) is 14.3 Å². The van der Waals surface area contributed by atoms with Gasteiger partial charge in [-0.05, 0) is 26.7 Å². The summed E-state index contributed by atoms with van der Waals surface area (Å²) in [6.07, 6.45) is 2.13. The summed E-state index contributed by atoms with van der Waals surface area (Å²) in [6.45, 7) is 4.33. The second-order valence-corrected chi connectivity index (χ2v) is 7.64. The van der Waals surface area contributed by atoms with Crippen molar-refractivity contribution in [2.45, 2.75) is 45.6 Å². The molecule has 0 aromatic heterocycles. The minimum Gasteiger partial charge on any atom is -0.448 e. The maximum absolute atomic E-state index is 13.1. The highest BCUT2D eigenvalue weighted by Gasteiger charge is 2.28. The van der Waals surface area contributed by atoms with Crippen LogP contribution in [0.25, 0.3) is 0 Å². The topological polar surface area (TPSA) is 63.7 Å². The summed E-state index contributed by atoms with van der Waals surface area (Å²) in [5.41, 5.74) is 3.21. The molecule has 1 fully saturated rings. The molecule has 1 aliphatic rings. The van der Waals surface area contributed by atoms with Gasteiger partial charge >= 0.3 is 5.97 Å². The third kappa shape index (κ3) is 5.53. The van der Waals surface area contributed by atoms with E-state index >= 15 is 0 Å². The van der Waals surface area contributed by atoms with Gasteiger partial charge in [-0.2, -0.15) is 0 Å². The molecule has 1 saturated heterocycles. The quantitative estimate of drug-likeness (QED) is 0.546. The molecule has 0 saturated carbocycles. The van der Waals surface area contributed by atoms with Crippen LogP contribution in [0.2, 0.25) is 0 Å². The summed E-state index contributed by atoms with van der Waals surface area (Å²) >= 11 is 0. The normalized spacial score (nSPS) is 15.5. The number of esters is 1. The molecule has 1 aliphatic heterocycles. The number of carbonyl (C=O) groups is 3. The molecule has 1 heterocycles. The maximum Gasteiger partial charge on any atom is 0.326 e. The monoisotopic (exact) mass is 393 g/mol. The lowest BCUT2D eigenvalue weighted by Gasteiger charge is -2.22. The molecule has 0 spiro atoms. The van der Waals surface area contributed by atoms with Crippen LogP contribution in [0.1, 0.15) is 58.8 Å². The second kappa shape index (κ2) is 9.50. The number of ether oxygens (including phenoxy) is 1. The zero-order valence-corrected chi connectivity index (χ0v) is 17.0. The average Bonchev–Trinajstić information content (AvgIpc) is 2.91. The van der Waals surface area contributed by atoms with E-state index in [-0.39, 0.29) is 18.2 Å². The standard InChI is InChI=1S/C24H27NO4/c1-17-7-11-19(12-8-17)23(28)24(20-13-9-18(2)10-14-20)29-22(27)16-25-15-5-3-4-6-21(25)26/h7-14,24H,3-6,15-16H2,1-2H3. The van der Waals surface area contributed by atoms with Crippen LogP contribution in [0, 0.1) is 13.8 Å². The van der Waals surface area contributed by atoms with Crippen molar-refractivity contribution in [3.8, 4) is 0 Å². The van der Waals surface area contributed by atoms with E-state index in [1.807, 2.05) is 38.1 Å². The molecule has 5 heteroatoms. The number of Topliss-reactive ketones (excluding diaryl/α,β-unsaturated/α-hetero) is 1. The zero-order valence-electron chi connectivity index (χ0n) is 17.0. The van der Waals surface area contributed by atoms with E-state index in [9.17, 15) is 14.4 Å². The van der Waals surface area contributed by atoms with Gasteiger partial charge in [0.15, 0.2) is 6.10 Å². The van der Waals surface area contributed by atoms with Gasteiger partial charge in [-0.15, -0.1) is 0 Å². The van der Waals surface area contributed by atoms with Gasteiger partial charge in [0.1, 0.15) is 6.54 Å². The molecule has 5 nitrogen and oxygen atoms in total. The largest absolute Gasteiger partial charge is 0.448 e. The Balaban J connectivity index is 1.79. The van der Waals surface area contributed by atoms with Crippen molar-refractivity contribution in [1.82, 2.24) is 4.90 Å². The highest BCUT2D eigenvalue weighted by molar-refractivity contribution is 6.01. The second-order valence-electron chi connectivity index (χ2n) is 7.64. The van der Waals surface area contributed by atoms with Crippen molar-refractivity contribution in [3.05, 3.63) is 70.8 Å². The minimum absolute atomic E-state index is 0.0313. The minimum atomic E-state index is -1.03. The fourth-order valence-electron chi connectivity index (χ4n) is 3.41. The number of rotatable bonds is 6. The summed E-state index contributed by atoms with van der Waals surface area (Å²) in [5.74, 6) is -0.869. The molecule has 0 N–H and O–H groups in total. The van der Waals surface area contributed by atoms with Crippen molar-refractivity contribution in [2.24, 2.45) is 0 Å². The molecule has 1 amide bonds. The summed E-state index contributed by atoms with van der Waals surface area (Å²) in [4.78, 5) is 39.5. The summed E-state index contributed by atoms with van der Waals surface area (Å²) in [7, 11) is 0. The average molecular weight is 393 g/mol. The van der Waals surface area contributed by atoms with E-state index in [0.717, 1.165) is 30.4 Å². The van der Waals surface area contributed by atoms with Crippen molar-refractivity contribution in [2.75, 3.05) is 13.1 Å². The highest BCUT2D eigenvalue weighted by atomic mass is 16.5. The molecule has 152 valence electrons. The van der Waals surface area contributed by atoms with Crippen LogP contribution in [0.15, 0.2) is 48.5 Å². The fourth-order valence-corrected chi connectivity index (χ4v) is 3.41. The van der Waals surface area contributed by atoms with E-state index in [1.165, 1.54) is 4.90 Å². The van der Waals surface area contributed by atoms with Crippen molar-refractivity contribution < 1.29 is 19.1 Å². The van der Waals surface area contributed by atoms with Gasteiger partial charge in [0.05, 0.1) is 0 Å². The predicted octanol–water partition coefficient (Wildman–Crippen LogP) is 4.17. The number of hydrogen-bond donors (Lipinski definition) is 0.